The topological polar surface area (TPSA) is 97.1 Å². The van der Waals surface area contributed by atoms with Crippen LogP contribution in [0, 0.1) is 0 Å². The maximum absolute atomic E-state index is 12.2. The minimum atomic E-state index is -3.75. The molecule has 2 heterocycles. The van der Waals surface area contributed by atoms with Gasteiger partial charge in [-0.3, -0.25) is 4.72 Å². The lowest BCUT2D eigenvalue weighted by molar-refractivity contribution is 0.403. The van der Waals surface area contributed by atoms with Gasteiger partial charge >= 0.3 is 0 Å². The quantitative estimate of drug-likeness (QED) is 0.719. The summed E-state index contributed by atoms with van der Waals surface area (Å²) in [5.74, 6) is 0.579. The van der Waals surface area contributed by atoms with Crippen molar-refractivity contribution in [1.82, 2.24) is 15.5 Å². The molecule has 0 aromatic carbocycles. The Morgan fingerprint density at radius 2 is 2.10 bits per heavy atom. The first-order valence-corrected chi connectivity index (χ1v) is 8.99. The van der Waals surface area contributed by atoms with Crippen LogP contribution in [0.1, 0.15) is 31.0 Å². The summed E-state index contributed by atoms with van der Waals surface area (Å²) in [5, 5.41) is 11.7. The van der Waals surface area contributed by atoms with E-state index >= 15 is 0 Å². The van der Waals surface area contributed by atoms with Crippen molar-refractivity contribution in [3.8, 4) is 0 Å². The van der Waals surface area contributed by atoms with Crippen LogP contribution in [0.25, 0.3) is 0 Å². The number of furan rings is 1. The molecular weight excluding hydrogens is 312 g/mol. The summed E-state index contributed by atoms with van der Waals surface area (Å²) in [6, 6.07) is 3.09. The van der Waals surface area contributed by atoms with Gasteiger partial charge in [-0.2, -0.15) is 8.42 Å². The molecule has 2 rings (SSSR count). The number of nitrogens with one attached hydrogen (secondary N) is 2. The second kappa shape index (κ2) is 7.01. The smallest absolute Gasteiger partial charge is 0.297 e. The van der Waals surface area contributed by atoms with Crippen molar-refractivity contribution in [1.29, 1.82) is 0 Å². The molecule has 2 N–H and O–H groups in total. The highest BCUT2D eigenvalue weighted by molar-refractivity contribution is 7.92. The summed E-state index contributed by atoms with van der Waals surface area (Å²) >= 11 is 1.21. The Labute approximate surface area is 127 Å². The van der Waals surface area contributed by atoms with E-state index in [4.69, 9.17) is 4.42 Å². The number of hydrogen-bond acceptors (Lipinski definition) is 7. The highest BCUT2D eigenvalue weighted by Crippen LogP contribution is 2.21. The van der Waals surface area contributed by atoms with Crippen LogP contribution in [-0.4, -0.2) is 25.2 Å². The standard InChI is InChI=1S/C12H18N4O3S2/c1-3-7-13-8-9-5-6-11(19-9)21(17,18)16-12-15-14-10(4-2)20-12/h5-6,13H,3-4,7-8H2,1-2H3,(H,15,16). The number of sulfonamides is 1. The number of aromatic nitrogens is 2. The van der Waals surface area contributed by atoms with E-state index in [2.05, 4.69) is 27.2 Å². The van der Waals surface area contributed by atoms with E-state index in [1.807, 2.05) is 6.92 Å². The Morgan fingerprint density at radius 3 is 2.76 bits per heavy atom. The molecule has 0 amide bonds. The monoisotopic (exact) mass is 330 g/mol. The fourth-order valence-electron chi connectivity index (χ4n) is 1.59. The summed E-state index contributed by atoms with van der Waals surface area (Å²) in [4.78, 5) is 0. The zero-order valence-corrected chi connectivity index (χ0v) is 13.6. The van der Waals surface area contributed by atoms with Crippen LogP contribution in [-0.2, 0) is 23.0 Å². The Bertz CT molecular complexity index is 678. The average Bonchev–Trinajstić information content (AvgIpc) is 3.08. The van der Waals surface area contributed by atoms with Gasteiger partial charge < -0.3 is 9.73 Å². The summed E-state index contributed by atoms with van der Waals surface area (Å²) in [7, 11) is -3.75. The van der Waals surface area contributed by atoms with Crippen molar-refractivity contribution in [3.63, 3.8) is 0 Å². The predicted molar refractivity (Wildman–Crippen MR) is 80.8 cm³/mol. The lowest BCUT2D eigenvalue weighted by Gasteiger charge is -2.01. The third kappa shape index (κ3) is 4.26. The minimum absolute atomic E-state index is 0.121. The zero-order chi connectivity index (χ0) is 15.3. The lowest BCUT2D eigenvalue weighted by Crippen LogP contribution is -2.14. The maximum atomic E-state index is 12.2. The van der Waals surface area contributed by atoms with Gasteiger partial charge in [-0.1, -0.05) is 25.2 Å². The van der Waals surface area contributed by atoms with E-state index < -0.39 is 10.0 Å². The van der Waals surface area contributed by atoms with Crippen molar-refractivity contribution in [2.24, 2.45) is 0 Å². The molecule has 0 radical (unpaired) electrons. The molecule has 0 atom stereocenters. The first kappa shape index (κ1) is 15.9. The van der Waals surface area contributed by atoms with E-state index in [9.17, 15) is 8.42 Å². The Kier molecular flexibility index (Phi) is 5.32. The van der Waals surface area contributed by atoms with Crippen molar-refractivity contribution in [2.45, 2.75) is 38.3 Å². The molecule has 0 spiro atoms. The second-order valence-corrected chi connectivity index (χ2v) is 7.03. The van der Waals surface area contributed by atoms with Gasteiger partial charge in [-0.15, -0.1) is 10.2 Å². The molecule has 2 aromatic rings. The highest BCUT2D eigenvalue weighted by atomic mass is 32.2. The number of aryl methyl sites for hydroxylation is 1. The molecule has 0 aliphatic rings. The van der Waals surface area contributed by atoms with Gasteiger partial charge in [-0.25, -0.2) is 0 Å². The lowest BCUT2D eigenvalue weighted by atomic mass is 10.4. The maximum Gasteiger partial charge on any atom is 0.297 e. The summed E-state index contributed by atoms with van der Waals surface area (Å²) < 4.78 is 32.0. The van der Waals surface area contributed by atoms with E-state index in [1.165, 1.54) is 17.4 Å². The average molecular weight is 330 g/mol. The van der Waals surface area contributed by atoms with Crippen molar-refractivity contribution in [3.05, 3.63) is 22.9 Å². The van der Waals surface area contributed by atoms with E-state index in [0.717, 1.165) is 18.0 Å². The van der Waals surface area contributed by atoms with Gasteiger partial charge in [0.15, 0.2) is 0 Å². The van der Waals surface area contributed by atoms with Crippen LogP contribution >= 0.6 is 11.3 Å². The SMILES string of the molecule is CCCNCc1ccc(S(=O)(=O)Nc2nnc(CC)s2)o1. The van der Waals surface area contributed by atoms with Gasteiger partial charge in [0, 0.05) is 0 Å². The fourth-order valence-corrected chi connectivity index (χ4v) is 3.45. The van der Waals surface area contributed by atoms with E-state index in [1.54, 1.807) is 6.07 Å². The van der Waals surface area contributed by atoms with Crippen LogP contribution < -0.4 is 10.0 Å². The minimum Gasteiger partial charge on any atom is -0.446 e. The molecule has 21 heavy (non-hydrogen) atoms. The molecular formula is C12H18N4O3S2. The number of hydrogen-bond donors (Lipinski definition) is 2. The first-order chi connectivity index (χ1) is 10.0. The Hall–Kier alpha value is -1.45. The van der Waals surface area contributed by atoms with Crippen LogP contribution in [0.4, 0.5) is 5.13 Å². The predicted octanol–water partition coefficient (Wildman–Crippen LogP) is 1.99. The van der Waals surface area contributed by atoms with Gasteiger partial charge in [0.05, 0.1) is 6.54 Å². The molecule has 7 nitrogen and oxygen atoms in total. The molecule has 2 aromatic heterocycles. The second-order valence-electron chi connectivity index (χ2n) is 4.36. The number of rotatable bonds is 8. The normalized spacial score (nSPS) is 11.7. The molecule has 0 aliphatic heterocycles. The Balaban J connectivity index is 2.05. The van der Waals surface area contributed by atoms with Crippen LogP contribution in [0.3, 0.4) is 0 Å². The molecule has 0 unspecified atom stereocenters. The van der Waals surface area contributed by atoms with Gasteiger partial charge in [-0.05, 0) is 31.5 Å². The Morgan fingerprint density at radius 1 is 1.29 bits per heavy atom. The largest absolute Gasteiger partial charge is 0.446 e. The summed E-state index contributed by atoms with van der Waals surface area (Å²) in [6.07, 6.45) is 1.72. The molecule has 0 saturated heterocycles. The molecule has 0 aliphatic carbocycles. The van der Waals surface area contributed by atoms with Crippen LogP contribution in [0.2, 0.25) is 0 Å². The molecule has 0 saturated carbocycles. The van der Waals surface area contributed by atoms with E-state index in [-0.39, 0.29) is 10.2 Å². The van der Waals surface area contributed by atoms with Crippen molar-refractivity contribution >= 4 is 26.5 Å². The molecule has 116 valence electrons. The van der Waals surface area contributed by atoms with E-state index in [0.29, 0.717) is 18.7 Å². The number of nitrogens with zero attached hydrogens (tertiary/aromatic N) is 2. The first-order valence-electron chi connectivity index (χ1n) is 6.69. The van der Waals surface area contributed by atoms with Gasteiger partial charge in [0.1, 0.15) is 10.8 Å². The zero-order valence-electron chi connectivity index (χ0n) is 11.9. The number of anilines is 1. The molecule has 0 bridgehead atoms. The molecule has 0 fully saturated rings. The van der Waals surface area contributed by atoms with Crippen molar-refractivity contribution < 1.29 is 12.8 Å². The van der Waals surface area contributed by atoms with Crippen molar-refractivity contribution in [2.75, 3.05) is 11.3 Å². The summed E-state index contributed by atoms with van der Waals surface area (Å²) in [5.41, 5.74) is 0. The van der Waals surface area contributed by atoms with Gasteiger partial charge in [0.25, 0.3) is 10.0 Å². The van der Waals surface area contributed by atoms with Crippen LogP contribution in [0.15, 0.2) is 21.6 Å². The summed E-state index contributed by atoms with van der Waals surface area (Å²) in [6.45, 7) is 5.34. The fraction of sp³-hybridized carbons (Fsp3) is 0.500. The molecule has 9 heteroatoms. The van der Waals surface area contributed by atoms with Gasteiger partial charge in [0.2, 0.25) is 10.2 Å². The third-order valence-electron chi connectivity index (χ3n) is 2.62. The third-order valence-corrected chi connectivity index (χ3v) is 4.94. The highest BCUT2D eigenvalue weighted by Gasteiger charge is 2.20. The van der Waals surface area contributed by atoms with Crippen LogP contribution in [0.5, 0.6) is 0 Å².